The van der Waals surface area contributed by atoms with Gasteiger partial charge in [0.1, 0.15) is 6.61 Å². The minimum Gasteiger partial charge on any atom is -0.493 e. The quantitative estimate of drug-likeness (QED) is 0.206. The Labute approximate surface area is 222 Å². The van der Waals surface area contributed by atoms with Gasteiger partial charge in [-0.1, -0.05) is 53.5 Å². The molecule has 3 aromatic carbocycles. The number of methoxy groups -OCH3 is 1. The fourth-order valence-corrected chi connectivity index (χ4v) is 4.91. The van der Waals surface area contributed by atoms with E-state index in [1.54, 1.807) is 43.3 Å². The lowest BCUT2D eigenvalue weighted by molar-refractivity contribution is -0.118. The smallest absolute Gasteiger partial charge is 0.250 e. The Balaban J connectivity index is 1.55. The largest absolute Gasteiger partial charge is 0.493 e. The zero-order chi connectivity index (χ0) is 24.5. The maximum absolute atomic E-state index is 12.1. The Hall–Kier alpha value is -2.19. The van der Waals surface area contributed by atoms with Gasteiger partial charge in [0, 0.05) is 21.4 Å². The summed E-state index contributed by atoms with van der Waals surface area (Å²) in [7, 11) is 1.55. The van der Waals surface area contributed by atoms with E-state index in [-0.39, 0.29) is 12.5 Å². The fourth-order valence-electron chi connectivity index (χ4n) is 2.98. The lowest BCUT2D eigenvalue weighted by atomic mass is 10.1. The second kappa shape index (κ2) is 13.0. The van der Waals surface area contributed by atoms with Gasteiger partial charge in [-0.15, -0.1) is 11.8 Å². The maximum Gasteiger partial charge on any atom is 0.250 e. The summed E-state index contributed by atoms with van der Waals surface area (Å²) in [5.41, 5.74) is 6.53. The van der Waals surface area contributed by atoms with E-state index in [9.17, 15) is 4.79 Å². The summed E-state index contributed by atoms with van der Waals surface area (Å²) in [6, 6.07) is 17.0. The average molecular weight is 582 g/mol. The van der Waals surface area contributed by atoms with Crippen LogP contribution < -0.4 is 14.9 Å². The third kappa shape index (κ3) is 7.67. The van der Waals surface area contributed by atoms with Gasteiger partial charge in [0.2, 0.25) is 5.91 Å². The van der Waals surface area contributed by atoms with Gasteiger partial charge in [-0.3, -0.25) is 4.79 Å². The van der Waals surface area contributed by atoms with Crippen LogP contribution in [0.5, 0.6) is 11.5 Å². The number of nitrogens with zero attached hydrogens (tertiary/aromatic N) is 1. The summed E-state index contributed by atoms with van der Waals surface area (Å²) in [4.78, 5) is 12.1. The number of ether oxygens (including phenoxy) is 2. The number of hydrazone groups is 1. The van der Waals surface area contributed by atoms with Crippen molar-refractivity contribution in [3.05, 3.63) is 91.4 Å². The molecule has 0 unspecified atom stereocenters. The topological polar surface area (TPSA) is 59.9 Å². The van der Waals surface area contributed by atoms with Crippen molar-refractivity contribution in [1.82, 2.24) is 5.43 Å². The molecule has 0 fully saturated rings. The zero-order valence-corrected chi connectivity index (χ0v) is 22.5. The molecular formula is C25H23BrCl2N2O3S. The first-order valence-electron chi connectivity index (χ1n) is 10.3. The molecule has 0 aliphatic rings. The lowest BCUT2D eigenvalue weighted by Gasteiger charge is -2.14. The third-order valence-electron chi connectivity index (χ3n) is 4.79. The van der Waals surface area contributed by atoms with E-state index in [4.69, 9.17) is 32.7 Å². The monoisotopic (exact) mass is 580 g/mol. The zero-order valence-electron chi connectivity index (χ0n) is 18.6. The molecule has 0 heterocycles. The van der Waals surface area contributed by atoms with Gasteiger partial charge < -0.3 is 9.47 Å². The standard InChI is InChI=1S/C25H23BrCl2N2O3S/c1-16-5-3-4-6-19(16)14-34-15-24(31)30-29-12-17-9-21(26)25(23(10-17)32-2)33-13-18-7-8-20(27)11-22(18)28/h3-12H,13-15H2,1-2H3,(H,30,31)/b29-12-. The van der Waals surface area contributed by atoms with Gasteiger partial charge in [0.25, 0.3) is 0 Å². The number of halogens is 3. The summed E-state index contributed by atoms with van der Waals surface area (Å²) in [5, 5.41) is 5.15. The molecule has 3 aromatic rings. The molecule has 1 N–H and O–H groups in total. The van der Waals surface area contributed by atoms with Gasteiger partial charge in [-0.05, 0) is 63.8 Å². The van der Waals surface area contributed by atoms with Gasteiger partial charge in [-0.25, -0.2) is 5.43 Å². The summed E-state index contributed by atoms with van der Waals surface area (Å²) in [6.45, 7) is 2.31. The Bertz CT molecular complexity index is 1190. The third-order valence-corrected chi connectivity index (χ3v) is 6.95. The van der Waals surface area contributed by atoms with Crippen LogP contribution in [-0.2, 0) is 17.2 Å². The fraction of sp³-hybridized carbons (Fsp3) is 0.200. The van der Waals surface area contributed by atoms with E-state index in [0.29, 0.717) is 31.8 Å². The SMILES string of the molecule is COc1cc(/C=N\NC(=O)CSCc2ccccc2C)cc(Br)c1OCc1ccc(Cl)cc1Cl. The Morgan fingerprint density at radius 1 is 1.15 bits per heavy atom. The predicted molar refractivity (Wildman–Crippen MR) is 145 cm³/mol. The molecule has 0 aliphatic carbocycles. The van der Waals surface area contributed by atoms with E-state index >= 15 is 0 Å². The van der Waals surface area contributed by atoms with Crippen molar-refractivity contribution in [3.8, 4) is 11.5 Å². The summed E-state index contributed by atoms with van der Waals surface area (Å²) in [5.74, 6) is 1.97. The van der Waals surface area contributed by atoms with Gasteiger partial charge in [0.05, 0.1) is 23.5 Å². The molecule has 0 saturated heterocycles. The van der Waals surface area contributed by atoms with E-state index in [1.807, 2.05) is 24.3 Å². The van der Waals surface area contributed by atoms with E-state index < -0.39 is 0 Å². The molecule has 34 heavy (non-hydrogen) atoms. The van der Waals surface area contributed by atoms with Crippen LogP contribution in [0.3, 0.4) is 0 Å². The number of carbonyl (C=O) groups excluding carboxylic acids is 1. The number of nitrogens with one attached hydrogen (secondary N) is 1. The van der Waals surface area contributed by atoms with Crippen molar-refractivity contribution in [1.29, 1.82) is 0 Å². The molecule has 3 rings (SSSR count). The van der Waals surface area contributed by atoms with Crippen molar-refractivity contribution in [2.75, 3.05) is 12.9 Å². The molecule has 1 amide bonds. The van der Waals surface area contributed by atoms with Crippen molar-refractivity contribution in [2.45, 2.75) is 19.3 Å². The normalized spacial score (nSPS) is 11.0. The Morgan fingerprint density at radius 3 is 2.68 bits per heavy atom. The number of aryl methyl sites for hydroxylation is 1. The molecule has 0 saturated carbocycles. The number of benzene rings is 3. The van der Waals surface area contributed by atoms with Crippen molar-refractivity contribution < 1.29 is 14.3 Å². The van der Waals surface area contributed by atoms with Crippen LogP contribution in [0.15, 0.2) is 64.2 Å². The second-order valence-corrected chi connectivity index (χ2v) is 9.95. The Kier molecular flexibility index (Phi) is 10.1. The van der Waals surface area contributed by atoms with E-state index in [1.165, 1.54) is 11.1 Å². The highest BCUT2D eigenvalue weighted by molar-refractivity contribution is 9.10. The van der Waals surface area contributed by atoms with Crippen LogP contribution in [-0.4, -0.2) is 25.0 Å². The highest BCUT2D eigenvalue weighted by Crippen LogP contribution is 2.37. The molecule has 0 aromatic heterocycles. The van der Waals surface area contributed by atoms with Crippen LogP contribution in [0.25, 0.3) is 0 Å². The minimum atomic E-state index is -0.166. The van der Waals surface area contributed by atoms with Gasteiger partial charge >= 0.3 is 0 Å². The molecule has 0 aliphatic heterocycles. The first-order valence-corrected chi connectivity index (χ1v) is 13.0. The average Bonchev–Trinajstić information content (AvgIpc) is 2.80. The van der Waals surface area contributed by atoms with Crippen LogP contribution in [0.1, 0.15) is 22.3 Å². The molecule has 0 atom stereocenters. The number of hydrogen-bond acceptors (Lipinski definition) is 5. The van der Waals surface area contributed by atoms with Gasteiger partial charge in [-0.2, -0.15) is 5.10 Å². The van der Waals surface area contributed by atoms with E-state index in [0.717, 1.165) is 16.9 Å². The Morgan fingerprint density at radius 2 is 1.94 bits per heavy atom. The summed E-state index contributed by atoms with van der Waals surface area (Å²) in [6.07, 6.45) is 1.55. The molecule has 9 heteroatoms. The highest BCUT2D eigenvalue weighted by Gasteiger charge is 2.13. The molecule has 0 spiro atoms. The second-order valence-electron chi connectivity index (χ2n) is 7.27. The summed E-state index contributed by atoms with van der Waals surface area (Å²) < 4.78 is 12.1. The van der Waals surface area contributed by atoms with Crippen LogP contribution in [0.4, 0.5) is 0 Å². The predicted octanol–water partition coefficient (Wildman–Crippen LogP) is 7.04. The lowest BCUT2D eigenvalue weighted by Crippen LogP contribution is -2.19. The number of carbonyl (C=O) groups is 1. The van der Waals surface area contributed by atoms with Gasteiger partial charge in [0.15, 0.2) is 11.5 Å². The number of thioether (sulfide) groups is 1. The number of rotatable bonds is 10. The molecule has 0 radical (unpaired) electrons. The molecular weight excluding hydrogens is 559 g/mol. The summed E-state index contributed by atoms with van der Waals surface area (Å²) >= 11 is 17.2. The van der Waals surface area contributed by atoms with Crippen LogP contribution >= 0.6 is 50.9 Å². The molecule has 5 nitrogen and oxygen atoms in total. The number of hydrogen-bond donors (Lipinski definition) is 1. The van der Waals surface area contributed by atoms with Crippen molar-refractivity contribution >= 4 is 63.0 Å². The van der Waals surface area contributed by atoms with Crippen LogP contribution in [0, 0.1) is 6.92 Å². The minimum absolute atomic E-state index is 0.166. The first kappa shape index (κ1) is 26.4. The van der Waals surface area contributed by atoms with Crippen molar-refractivity contribution in [3.63, 3.8) is 0 Å². The highest BCUT2D eigenvalue weighted by atomic mass is 79.9. The van der Waals surface area contributed by atoms with Crippen molar-refractivity contribution in [2.24, 2.45) is 5.10 Å². The number of amides is 1. The molecule has 0 bridgehead atoms. The first-order chi connectivity index (χ1) is 16.4. The van der Waals surface area contributed by atoms with E-state index in [2.05, 4.69) is 45.5 Å². The van der Waals surface area contributed by atoms with Crippen LogP contribution in [0.2, 0.25) is 10.0 Å². The maximum atomic E-state index is 12.1. The molecule has 178 valence electrons.